The minimum absolute atomic E-state index is 0.106. The Kier molecular flexibility index (Phi) is 4.85. The summed E-state index contributed by atoms with van der Waals surface area (Å²) in [5.41, 5.74) is 6.95. The Bertz CT molecular complexity index is 386. The minimum Gasteiger partial charge on any atom is -0.378 e. The number of carbonyl (C=O) groups excluding carboxylic acids is 1. The van der Waals surface area contributed by atoms with Gasteiger partial charge in [0, 0.05) is 25.5 Å². The van der Waals surface area contributed by atoms with Crippen LogP contribution in [0.3, 0.4) is 0 Å². The molecular formula is C14H21NO2. The fourth-order valence-electron chi connectivity index (χ4n) is 1.74. The SMILES string of the molecule is COC(C)(C)Cc1ccccc1C(=O)CCN. The van der Waals surface area contributed by atoms with Crippen LogP contribution in [0.1, 0.15) is 36.2 Å². The van der Waals surface area contributed by atoms with E-state index in [0.717, 1.165) is 17.5 Å². The highest BCUT2D eigenvalue weighted by atomic mass is 16.5. The topological polar surface area (TPSA) is 52.3 Å². The number of rotatable bonds is 6. The largest absolute Gasteiger partial charge is 0.378 e. The summed E-state index contributed by atoms with van der Waals surface area (Å²) in [5.74, 6) is 0.106. The average molecular weight is 235 g/mol. The maximum absolute atomic E-state index is 11.9. The number of Topliss-reactive ketones (excluding diaryl/α,β-unsaturated/α-hetero) is 1. The normalized spacial score (nSPS) is 11.5. The van der Waals surface area contributed by atoms with Gasteiger partial charge < -0.3 is 10.5 Å². The molecule has 94 valence electrons. The molecule has 1 aromatic carbocycles. The van der Waals surface area contributed by atoms with E-state index in [1.807, 2.05) is 38.1 Å². The number of benzene rings is 1. The third-order valence-corrected chi connectivity index (χ3v) is 2.86. The Morgan fingerprint density at radius 2 is 2.00 bits per heavy atom. The molecule has 0 radical (unpaired) electrons. The first-order valence-electron chi connectivity index (χ1n) is 5.86. The molecule has 0 aliphatic heterocycles. The van der Waals surface area contributed by atoms with Crippen molar-refractivity contribution in [1.82, 2.24) is 0 Å². The van der Waals surface area contributed by atoms with Gasteiger partial charge in [0.05, 0.1) is 5.60 Å². The average Bonchev–Trinajstić information content (AvgIpc) is 2.29. The molecule has 1 aromatic rings. The first-order valence-corrected chi connectivity index (χ1v) is 5.86. The molecule has 0 fully saturated rings. The van der Waals surface area contributed by atoms with Crippen LogP contribution in [0.15, 0.2) is 24.3 Å². The first-order chi connectivity index (χ1) is 8.00. The maximum Gasteiger partial charge on any atom is 0.164 e. The highest BCUT2D eigenvalue weighted by Crippen LogP contribution is 2.20. The van der Waals surface area contributed by atoms with Crippen molar-refractivity contribution in [3.8, 4) is 0 Å². The molecule has 2 N–H and O–H groups in total. The summed E-state index contributed by atoms with van der Waals surface area (Å²) in [4.78, 5) is 11.9. The molecule has 0 spiro atoms. The van der Waals surface area contributed by atoms with Gasteiger partial charge in [-0.2, -0.15) is 0 Å². The zero-order chi connectivity index (χ0) is 12.9. The van der Waals surface area contributed by atoms with Gasteiger partial charge in [-0.1, -0.05) is 24.3 Å². The number of nitrogens with two attached hydrogens (primary N) is 1. The number of carbonyl (C=O) groups is 1. The molecule has 0 aliphatic carbocycles. The van der Waals surface area contributed by atoms with E-state index in [1.54, 1.807) is 7.11 Å². The van der Waals surface area contributed by atoms with Gasteiger partial charge in [-0.3, -0.25) is 4.79 Å². The van der Waals surface area contributed by atoms with Crippen molar-refractivity contribution in [2.45, 2.75) is 32.3 Å². The van der Waals surface area contributed by atoms with Gasteiger partial charge in [-0.05, 0) is 26.0 Å². The Morgan fingerprint density at radius 1 is 1.35 bits per heavy atom. The predicted octanol–water partition coefficient (Wildman–Crippen LogP) is 2.19. The quantitative estimate of drug-likeness (QED) is 0.769. The minimum atomic E-state index is -0.265. The van der Waals surface area contributed by atoms with Crippen LogP contribution in [0.25, 0.3) is 0 Å². The summed E-state index contributed by atoms with van der Waals surface area (Å²) in [7, 11) is 1.68. The van der Waals surface area contributed by atoms with Crippen LogP contribution in [-0.2, 0) is 11.2 Å². The number of methoxy groups -OCH3 is 1. The maximum atomic E-state index is 11.9. The van der Waals surface area contributed by atoms with Crippen LogP contribution < -0.4 is 5.73 Å². The molecule has 3 heteroatoms. The second-order valence-corrected chi connectivity index (χ2v) is 4.76. The van der Waals surface area contributed by atoms with Crippen LogP contribution in [0.2, 0.25) is 0 Å². The lowest BCUT2D eigenvalue weighted by Crippen LogP contribution is -2.26. The van der Waals surface area contributed by atoms with Gasteiger partial charge in [0.15, 0.2) is 5.78 Å². The van der Waals surface area contributed by atoms with Gasteiger partial charge in [0.2, 0.25) is 0 Å². The van der Waals surface area contributed by atoms with Crippen LogP contribution in [0.5, 0.6) is 0 Å². The second kappa shape index (κ2) is 5.94. The summed E-state index contributed by atoms with van der Waals surface area (Å²) in [6.07, 6.45) is 1.11. The molecule has 0 unspecified atom stereocenters. The van der Waals surface area contributed by atoms with Crippen LogP contribution in [-0.4, -0.2) is 25.0 Å². The Labute approximate surface area is 103 Å². The van der Waals surface area contributed by atoms with Crippen LogP contribution >= 0.6 is 0 Å². The van der Waals surface area contributed by atoms with E-state index in [1.165, 1.54) is 0 Å². The van der Waals surface area contributed by atoms with E-state index in [-0.39, 0.29) is 11.4 Å². The van der Waals surface area contributed by atoms with Crippen molar-refractivity contribution in [3.05, 3.63) is 35.4 Å². The third kappa shape index (κ3) is 3.95. The lowest BCUT2D eigenvalue weighted by atomic mass is 9.92. The van der Waals surface area contributed by atoms with Crippen molar-refractivity contribution in [2.24, 2.45) is 5.73 Å². The lowest BCUT2D eigenvalue weighted by Gasteiger charge is -2.24. The molecular weight excluding hydrogens is 214 g/mol. The molecule has 0 bridgehead atoms. The second-order valence-electron chi connectivity index (χ2n) is 4.76. The Balaban J connectivity index is 2.96. The number of hydrogen-bond donors (Lipinski definition) is 1. The van der Waals surface area contributed by atoms with Gasteiger partial charge >= 0.3 is 0 Å². The highest BCUT2D eigenvalue weighted by Gasteiger charge is 2.20. The van der Waals surface area contributed by atoms with Crippen molar-refractivity contribution in [3.63, 3.8) is 0 Å². The van der Waals surface area contributed by atoms with Crippen LogP contribution in [0, 0.1) is 0 Å². The van der Waals surface area contributed by atoms with E-state index < -0.39 is 0 Å². The molecule has 17 heavy (non-hydrogen) atoms. The molecule has 0 atom stereocenters. The van der Waals surface area contributed by atoms with E-state index in [0.29, 0.717) is 13.0 Å². The molecule has 1 rings (SSSR count). The molecule has 3 nitrogen and oxygen atoms in total. The Morgan fingerprint density at radius 3 is 2.59 bits per heavy atom. The predicted molar refractivity (Wildman–Crippen MR) is 69.2 cm³/mol. The first kappa shape index (κ1) is 13.9. The van der Waals surface area contributed by atoms with E-state index in [2.05, 4.69) is 0 Å². The van der Waals surface area contributed by atoms with Gasteiger partial charge in [-0.25, -0.2) is 0 Å². The third-order valence-electron chi connectivity index (χ3n) is 2.86. The number of hydrogen-bond acceptors (Lipinski definition) is 3. The van der Waals surface area contributed by atoms with Gasteiger partial charge in [0.25, 0.3) is 0 Å². The van der Waals surface area contributed by atoms with Gasteiger partial charge in [-0.15, -0.1) is 0 Å². The molecule has 0 saturated heterocycles. The summed E-state index contributed by atoms with van der Waals surface area (Å²) in [6.45, 7) is 4.41. The van der Waals surface area contributed by atoms with Crippen molar-refractivity contribution in [2.75, 3.05) is 13.7 Å². The van der Waals surface area contributed by atoms with Crippen molar-refractivity contribution < 1.29 is 9.53 Å². The zero-order valence-corrected chi connectivity index (χ0v) is 10.8. The molecule has 0 aliphatic rings. The number of ether oxygens (including phenoxy) is 1. The molecule has 0 heterocycles. The highest BCUT2D eigenvalue weighted by molar-refractivity contribution is 5.97. The van der Waals surface area contributed by atoms with Crippen molar-refractivity contribution in [1.29, 1.82) is 0 Å². The van der Waals surface area contributed by atoms with Gasteiger partial charge in [0.1, 0.15) is 0 Å². The van der Waals surface area contributed by atoms with E-state index in [9.17, 15) is 4.79 Å². The summed E-state index contributed by atoms with van der Waals surface area (Å²) in [5, 5.41) is 0. The van der Waals surface area contributed by atoms with E-state index in [4.69, 9.17) is 10.5 Å². The van der Waals surface area contributed by atoms with Crippen molar-refractivity contribution >= 4 is 5.78 Å². The van der Waals surface area contributed by atoms with E-state index >= 15 is 0 Å². The smallest absolute Gasteiger partial charge is 0.164 e. The Hall–Kier alpha value is -1.19. The zero-order valence-electron chi connectivity index (χ0n) is 10.8. The van der Waals surface area contributed by atoms with Crippen LogP contribution in [0.4, 0.5) is 0 Å². The molecule has 0 saturated carbocycles. The molecule has 0 amide bonds. The summed E-state index contributed by atoms with van der Waals surface area (Å²) in [6, 6.07) is 7.66. The molecule has 0 aromatic heterocycles. The summed E-state index contributed by atoms with van der Waals surface area (Å²) < 4.78 is 5.40. The fourth-order valence-corrected chi connectivity index (χ4v) is 1.74. The lowest BCUT2D eigenvalue weighted by molar-refractivity contribution is 0.0231. The standard InChI is InChI=1S/C14H21NO2/c1-14(2,17-3)10-11-6-4-5-7-12(11)13(16)8-9-15/h4-7H,8-10,15H2,1-3H3. The fraction of sp³-hybridized carbons (Fsp3) is 0.500. The monoisotopic (exact) mass is 235 g/mol. The number of ketones is 1. The summed E-state index contributed by atoms with van der Waals surface area (Å²) >= 11 is 0.